The highest BCUT2D eigenvalue weighted by Gasteiger charge is 2.48. The van der Waals surface area contributed by atoms with Gasteiger partial charge >= 0.3 is 0 Å². The van der Waals surface area contributed by atoms with Crippen molar-refractivity contribution in [1.29, 1.82) is 0 Å². The maximum Gasteiger partial charge on any atom is 0.282 e. The summed E-state index contributed by atoms with van der Waals surface area (Å²) in [7, 11) is -7.27. The summed E-state index contributed by atoms with van der Waals surface area (Å²) in [5.74, 6) is -2.98. The van der Waals surface area contributed by atoms with Crippen LogP contribution in [0.15, 0.2) is 0 Å². The standard InChI is InChI=1S/C10H17F2N3O4S2/c11-10(12)3-4-14(7-10)21(18,19)15-5-8(6-15)13-20(16,17)9-1-2-9/h8-9,13H,1-7H2. The molecular weight excluding hydrogens is 328 g/mol. The summed E-state index contributed by atoms with van der Waals surface area (Å²) < 4.78 is 78.1. The maximum atomic E-state index is 13.1. The van der Waals surface area contributed by atoms with Crippen LogP contribution in [0.3, 0.4) is 0 Å². The van der Waals surface area contributed by atoms with Crippen LogP contribution in [-0.2, 0) is 20.2 Å². The van der Waals surface area contributed by atoms with Crippen molar-refractivity contribution in [3.8, 4) is 0 Å². The molecule has 0 spiro atoms. The molecule has 1 N–H and O–H groups in total. The Hall–Kier alpha value is -0.360. The van der Waals surface area contributed by atoms with E-state index in [1.54, 1.807) is 0 Å². The van der Waals surface area contributed by atoms with Crippen LogP contribution >= 0.6 is 0 Å². The highest BCUT2D eigenvalue weighted by Crippen LogP contribution is 2.32. The van der Waals surface area contributed by atoms with Crippen molar-refractivity contribution in [2.75, 3.05) is 26.2 Å². The lowest BCUT2D eigenvalue weighted by Gasteiger charge is -2.39. The molecule has 0 atom stereocenters. The quantitative estimate of drug-likeness (QED) is 0.717. The van der Waals surface area contributed by atoms with E-state index in [4.69, 9.17) is 0 Å². The summed E-state index contributed by atoms with van der Waals surface area (Å²) in [6.45, 7) is -1.01. The molecule has 0 aromatic heterocycles. The number of halogens is 2. The van der Waals surface area contributed by atoms with Gasteiger partial charge in [-0.15, -0.1) is 0 Å². The predicted octanol–water partition coefficient (Wildman–Crippen LogP) is -0.662. The molecule has 3 aliphatic rings. The van der Waals surface area contributed by atoms with Gasteiger partial charge in [0.1, 0.15) is 0 Å². The molecule has 1 saturated carbocycles. The van der Waals surface area contributed by atoms with Gasteiger partial charge in [0.15, 0.2) is 0 Å². The van der Waals surface area contributed by atoms with Gasteiger partial charge in [0.05, 0.1) is 11.8 Å². The average Bonchev–Trinajstić information content (AvgIpc) is 3.08. The molecule has 2 heterocycles. The molecule has 11 heteroatoms. The Morgan fingerprint density at radius 3 is 2.14 bits per heavy atom. The molecule has 0 unspecified atom stereocenters. The molecule has 0 bridgehead atoms. The average molecular weight is 345 g/mol. The summed E-state index contributed by atoms with van der Waals surface area (Å²) in [5, 5.41) is -0.361. The number of rotatable bonds is 5. The molecule has 3 rings (SSSR count). The van der Waals surface area contributed by atoms with E-state index >= 15 is 0 Å². The first kappa shape index (κ1) is 15.5. The fraction of sp³-hybridized carbons (Fsp3) is 1.00. The van der Waals surface area contributed by atoms with Crippen LogP contribution in [0.2, 0.25) is 0 Å². The molecule has 2 aliphatic heterocycles. The van der Waals surface area contributed by atoms with Crippen LogP contribution < -0.4 is 4.72 Å². The number of hydrogen-bond donors (Lipinski definition) is 1. The summed E-state index contributed by atoms with van der Waals surface area (Å²) in [6, 6.07) is -0.464. The number of nitrogens with one attached hydrogen (secondary N) is 1. The molecule has 21 heavy (non-hydrogen) atoms. The number of sulfonamides is 1. The Labute approximate surface area is 122 Å². The lowest BCUT2D eigenvalue weighted by Crippen LogP contribution is -2.63. The Bertz CT molecular complexity index is 627. The molecule has 1 aliphatic carbocycles. The summed E-state index contributed by atoms with van der Waals surface area (Å²) in [5.41, 5.74) is 0. The fourth-order valence-electron chi connectivity index (χ4n) is 2.47. The molecule has 7 nitrogen and oxygen atoms in total. The molecule has 3 fully saturated rings. The minimum absolute atomic E-state index is 0.00362. The first-order valence-electron chi connectivity index (χ1n) is 6.74. The van der Waals surface area contributed by atoms with Crippen molar-refractivity contribution in [2.24, 2.45) is 0 Å². The van der Waals surface area contributed by atoms with Gasteiger partial charge in [0, 0.05) is 32.1 Å². The van der Waals surface area contributed by atoms with Gasteiger partial charge in [-0.25, -0.2) is 21.9 Å². The van der Waals surface area contributed by atoms with Crippen LogP contribution in [0.1, 0.15) is 19.3 Å². The first-order chi connectivity index (χ1) is 9.60. The van der Waals surface area contributed by atoms with Crippen molar-refractivity contribution in [2.45, 2.75) is 36.5 Å². The van der Waals surface area contributed by atoms with Crippen LogP contribution in [0.5, 0.6) is 0 Å². The second-order valence-corrected chi connectivity index (χ2v) is 9.74. The Morgan fingerprint density at radius 1 is 1.05 bits per heavy atom. The zero-order chi connectivity index (χ0) is 15.5. The fourth-order valence-corrected chi connectivity index (χ4v) is 5.77. The van der Waals surface area contributed by atoms with Crippen molar-refractivity contribution >= 4 is 20.2 Å². The van der Waals surface area contributed by atoms with Crippen molar-refractivity contribution in [3.63, 3.8) is 0 Å². The van der Waals surface area contributed by atoms with Crippen LogP contribution in [0.25, 0.3) is 0 Å². The second kappa shape index (κ2) is 4.82. The third-order valence-corrected chi connectivity index (χ3v) is 7.86. The predicted molar refractivity (Wildman–Crippen MR) is 70.5 cm³/mol. The van der Waals surface area contributed by atoms with Gasteiger partial charge in [-0.1, -0.05) is 0 Å². The van der Waals surface area contributed by atoms with E-state index in [0.29, 0.717) is 12.8 Å². The zero-order valence-corrected chi connectivity index (χ0v) is 12.8. The van der Waals surface area contributed by atoms with Crippen molar-refractivity contribution in [3.05, 3.63) is 0 Å². The van der Waals surface area contributed by atoms with Gasteiger partial charge in [0.25, 0.3) is 16.1 Å². The largest absolute Gasteiger partial charge is 0.282 e. The lowest BCUT2D eigenvalue weighted by atomic mass is 10.2. The molecule has 0 aromatic carbocycles. The van der Waals surface area contributed by atoms with Crippen molar-refractivity contribution in [1.82, 2.24) is 13.3 Å². The van der Waals surface area contributed by atoms with Gasteiger partial charge in [-0.05, 0) is 12.8 Å². The highest BCUT2D eigenvalue weighted by molar-refractivity contribution is 7.90. The summed E-state index contributed by atoms with van der Waals surface area (Å²) >= 11 is 0. The van der Waals surface area contributed by atoms with E-state index in [9.17, 15) is 25.6 Å². The van der Waals surface area contributed by atoms with E-state index in [1.807, 2.05) is 0 Å². The third kappa shape index (κ3) is 3.07. The van der Waals surface area contributed by atoms with E-state index < -0.39 is 45.2 Å². The Kier molecular flexibility index (Phi) is 3.56. The minimum Gasteiger partial charge on any atom is -0.212 e. The van der Waals surface area contributed by atoms with Crippen LogP contribution in [0, 0.1) is 0 Å². The highest BCUT2D eigenvalue weighted by atomic mass is 32.2. The van der Waals surface area contributed by atoms with E-state index in [0.717, 1.165) is 8.61 Å². The van der Waals surface area contributed by atoms with Gasteiger partial charge in [-0.2, -0.15) is 17.0 Å². The minimum atomic E-state index is -3.91. The molecule has 0 radical (unpaired) electrons. The third-order valence-electron chi connectivity index (χ3n) is 3.93. The monoisotopic (exact) mass is 345 g/mol. The second-order valence-electron chi connectivity index (χ2n) is 5.82. The zero-order valence-electron chi connectivity index (χ0n) is 11.2. The van der Waals surface area contributed by atoms with Crippen molar-refractivity contribution < 1.29 is 25.6 Å². The van der Waals surface area contributed by atoms with Gasteiger partial charge in [-0.3, -0.25) is 0 Å². The smallest absolute Gasteiger partial charge is 0.212 e. The normalized spacial score (nSPS) is 28.7. The van der Waals surface area contributed by atoms with E-state index in [-0.39, 0.29) is 24.9 Å². The number of hydrogen-bond acceptors (Lipinski definition) is 4. The molecule has 0 amide bonds. The summed E-state index contributed by atoms with van der Waals surface area (Å²) in [4.78, 5) is 0. The Morgan fingerprint density at radius 2 is 1.67 bits per heavy atom. The van der Waals surface area contributed by atoms with E-state index in [1.165, 1.54) is 0 Å². The molecular formula is C10H17F2N3O4S2. The lowest BCUT2D eigenvalue weighted by molar-refractivity contribution is 0.0177. The molecule has 122 valence electrons. The number of alkyl halides is 2. The van der Waals surface area contributed by atoms with E-state index in [2.05, 4.69) is 4.72 Å². The Balaban J connectivity index is 1.56. The number of nitrogens with zero attached hydrogens (tertiary/aromatic N) is 2. The topological polar surface area (TPSA) is 86.8 Å². The van der Waals surface area contributed by atoms with Crippen LogP contribution in [-0.4, -0.2) is 68.8 Å². The molecule has 2 saturated heterocycles. The SMILES string of the molecule is O=S(=O)(NC1CN(S(=O)(=O)N2CCC(F)(F)C2)C1)C1CC1. The van der Waals surface area contributed by atoms with Gasteiger partial charge < -0.3 is 0 Å². The maximum absolute atomic E-state index is 13.1. The van der Waals surface area contributed by atoms with Crippen LogP contribution in [0.4, 0.5) is 8.78 Å². The molecule has 0 aromatic rings. The first-order valence-corrected chi connectivity index (χ1v) is 9.69. The summed E-state index contributed by atoms with van der Waals surface area (Å²) in [6.07, 6.45) is 0.789. The van der Waals surface area contributed by atoms with Gasteiger partial charge in [0.2, 0.25) is 10.0 Å².